The summed E-state index contributed by atoms with van der Waals surface area (Å²) in [6, 6.07) is 22.2. The normalized spacial score (nSPS) is 12.0. The van der Waals surface area contributed by atoms with Crippen molar-refractivity contribution in [3.05, 3.63) is 83.4 Å². The third-order valence-electron chi connectivity index (χ3n) is 4.44. The molecule has 0 atom stereocenters. The van der Waals surface area contributed by atoms with E-state index >= 15 is 0 Å². The molecule has 3 aromatic carbocycles. The predicted octanol–water partition coefficient (Wildman–Crippen LogP) is 4.56. The van der Waals surface area contributed by atoms with Gasteiger partial charge in [-0.25, -0.2) is 0 Å². The minimum absolute atomic E-state index is 0.645. The average Bonchev–Trinajstić information content (AvgIpc) is 3.02. The second-order valence-corrected chi connectivity index (χ2v) is 5.87. The molecule has 0 saturated heterocycles. The van der Waals surface area contributed by atoms with Crippen LogP contribution in [0.5, 0.6) is 11.5 Å². The second-order valence-electron chi connectivity index (χ2n) is 5.87. The van der Waals surface area contributed by atoms with E-state index in [0.29, 0.717) is 11.5 Å². The SMILES string of the molecule is COc1cccc(/C=N/N=C2c3ccccc3-c3ccccc32)c1OC. The highest BCUT2D eigenvalue weighted by Gasteiger charge is 2.23. The summed E-state index contributed by atoms with van der Waals surface area (Å²) in [5, 5.41) is 8.85. The van der Waals surface area contributed by atoms with E-state index in [2.05, 4.69) is 34.5 Å². The maximum Gasteiger partial charge on any atom is 0.169 e. The van der Waals surface area contributed by atoms with Crippen LogP contribution in [0.3, 0.4) is 0 Å². The van der Waals surface area contributed by atoms with E-state index in [4.69, 9.17) is 9.47 Å². The molecule has 0 saturated carbocycles. The molecule has 128 valence electrons. The molecule has 0 unspecified atom stereocenters. The summed E-state index contributed by atoms with van der Waals surface area (Å²) in [6.07, 6.45) is 1.69. The molecule has 1 aliphatic carbocycles. The Bertz CT molecular complexity index is 975. The Morgan fingerprint density at radius 3 is 1.88 bits per heavy atom. The zero-order chi connectivity index (χ0) is 17.9. The van der Waals surface area contributed by atoms with Crippen molar-refractivity contribution in [2.24, 2.45) is 10.2 Å². The fourth-order valence-corrected chi connectivity index (χ4v) is 3.26. The molecule has 4 heteroatoms. The lowest BCUT2D eigenvalue weighted by Gasteiger charge is -2.09. The van der Waals surface area contributed by atoms with Gasteiger partial charge in [0.05, 0.1) is 20.4 Å². The maximum atomic E-state index is 5.44. The number of benzene rings is 3. The van der Waals surface area contributed by atoms with Crippen molar-refractivity contribution in [1.29, 1.82) is 0 Å². The van der Waals surface area contributed by atoms with Gasteiger partial charge in [0.25, 0.3) is 0 Å². The highest BCUT2D eigenvalue weighted by atomic mass is 16.5. The van der Waals surface area contributed by atoms with Crippen LogP contribution in [0.25, 0.3) is 11.1 Å². The Balaban J connectivity index is 1.75. The third-order valence-corrected chi connectivity index (χ3v) is 4.44. The Labute approximate surface area is 152 Å². The van der Waals surface area contributed by atoms with Crippen LogP contribution in [0.15, 0.2) is 76.9 Å². The van der Waals surface area contributed by atoms with Crippen molar-refractivity contribution < 1.29 is 9.47 Å². The van der Waals surface area contributed by atoms with E-state index in [1.807, 2.05) is 42.5 Å². The van der Waals surface area contributed by atoms with Gasteiger partial charge < -0.3 is 9.47 Å². The molecule has 1 aliphatic rings. The van der Waals surface area contributed by atoms with Crippen LogP contribution >= 0.6 is 0 Å². The molecular formula is C22H18N2O2. The van der Waals surface area contributed by atoms with Crippen molar-refractivity contribution in [1.82, 2.24) is 0 Å². The number of nitrogens with zero attached hydrogens (tertiary/aromatic N) is 2. The van der Waals surface area contributed by atoms with E-state index in [1.165, 1.54) is 11.1 Å². The van der Waals surface area contributed by atoms with E-state index in [1.54, 1.807) is 20.4 Å². The molecule has 0 bridgehead atoms. The first-order chi connectivity index (χ1) is 12.8. The van der Waals surface area contributed by atoms with E-state index in [0.717, 1.165) is 22.4 Å². The summed E-state index contributed by atoms with van der Waals surface area (Å²) in [7, 11) is 3.23. The first-order valence-electron chi connectivity index (χ1n) is 8.34. The average molecular weight is 342 g/mol. The van der Waals surface area contributed by atoms with Gasteiger partial charge in [0, 0.05) is 16.7 Å². The molecular weight excluding hydrogens is 324 g/mol. The third kappa shape index (κ3) is 2.65. The summed E-state index contributed by atoms with van der Waals surface area (Å²) in [5.41, 5.74) is 6.28. The van der Waals surface area contributed by atoms with Gasteiger partial charge in [-0.1, -0.05) is 54.6 Å². The molecule has 3 aromatic rings. The molecule has 0 aromatic heterocycles. The zero-order valence-corrected chi connectivity index (χ0v) is 14.6. The second kappa shape index (κ2) is 6.84. The Hall–Kier alpha value is -3.40. The van der Waals surface area contributed by atoms with Gasteiger partial charge >= 0.3 is 0 Å². The highest BCUT2D eigenvalue weighted by Crippen LogP contribution is 2.36. The zero-order valence-electron chi connectivity index (χ0n) is 14.6. The van der Waals surface area contributed by atoms with Crippen LogP contribution in [0, 0.1) is 0 Å². The summed E-state index contributed by atoms with van der Waals surface area (Å²) in [5.74, 6) is 1.31. The number of fused-ring (bicyclic) bond motifs is 3. The Kier molecular flexibility index (Phi) is 4.23. The molecule has 0 heterocycles. The molecule has 0 fully saturated rings. The van der Waals surface area contributed by atoms with Crippen molar-refractivity contribution in [2.45, 2.75) is 0 Å². The molecule has 0 spiro atoms. The number of rotatable bonds is 4. The van der Waals surface area contributed by atoms with Crippen molar-refractivity contribution in [3.8, 4) is 22.6 Å². The maximum absolute atomic E-state index is 5.44. The van der Waals surface area contributed by atoms with Crippen LogP contribution in [0.2, 0.25) is 0 Å². The highest BCUT2D eigenvalue weighted by molar-refractivity contribution is 6.24. The van der Waals surface area contributed by atoms with Crippen molar-refractivity contribution in [3.63, 3.8) is 0 Å². The Morgan fingerprint density at radius 2 is 1.31 bits per heavy atom. The summed E-state index contributed by atoms with van der Waals surface area (Å²) < 4.78 is 10.8. The number of hydrogen-bond acceptors (Lipinski definition) is 4. The van der Waals surface area contributed by atoms with Gasteiger partial charge in [0.15, 0.2) is 11.5 Å². The number of hydrogen-bond donors (Lipinski definition) is 0. The first-order valence-corrected chi connectivity index (χ1v) is 8.34. The lowest BCUT2D eigenvalue weighted by atomic mass is 10.1. The summed E-state index contributed by atoms with van der Waals surface area (Å²) in [4.78, 5) is 0. The minimum atomic E-state index is 0.645. The topological polar surface area (TPSA) is 43.2 Å². The van der Waals surface area contributed by atoms with Gasteiger partial charge in [0.1, 0.15) is 5.71 Å². The summed E-state index contributed by atoms with van der Waals surface area (Å²) in [6.45, 7) is 0. The molecule has 0 radical (unpaired) electrons. The largest absolute Gasteiger partial charge is 0.493 e. The van der Waals surface area contributed by atoms with E-state index in [9.17, 15) is 0 Å². The quantitative estimate of drug-likeness (QED) is 0.403. The predicted molar refractivity (Wildman–Crippen MR) is 105 cm³/mol. The van der Waals surface area contributed by atoms with Gasteiger partial charge in [-0.3, -0.25) is 0 Å². The standard InChI is InChI=1S/C22H18N2O2/c1-25-20-13-7-8-15(22(20)26-2)14-23-24-21-18-11-5-3-9-16(18)17-10-4-6-12-19(17)21/h3-14H,1-2H3/b23-14+. The molecule has 4 nitrogen and oxygen atoms in total. The van der Waals surface area contributed by atoms with Gasteiger partial charge in [-0.2, -0.15) is 5.10 Å². The number of ether oxygens (including phenoxy) is 2. The fourth-order valence-electron chi connectivity index (χ4n) is 3.26. The Morgan fingerprint density at radius 1 is 0.692 bits per heavy atom. The molecule has 26 heavy (non-hydrogen) atoms. The van der Waals surface area contributed by atoms with Gasteiger partial charge in [0.2, 0.25) is 0 Å². The van der Waals surface area contributed by atoms with Crippen LogP contribution in [-0.4, -0.2) is 26.1 Å². The molecule has 0 amide bonds. The first kappa shape index (κ1) is 16.1. The lowest BCUT2D eigenvalue weighted by Crippen LogP contribution is -1.98. The summed E-state index contributed by atoms with van der Waals surface area (Å²) >= 11 is 0. The number of para-hydroxylation sites is 1. The monoisotopic (exact) mass is 342 g/mol. The van der Waals surface area contributed by atoms with Crippen LogP contribution in [0.1, 0.15) is 16.7 Å². The van der Waals surface area contributed by atoms with Crippen LogP contribution < -0.4 is 9.47 Å². The molecule has 0 N–H and O–H groups in total. The van der Waals surface area contributed by atoms with Crippen molar-refractivity contribution in [2.75, 3.05) is 14.2 Å². The van der Waals surface area contributed by atoms with Gasteiger partial charge in [-0.15, -0.1) is 5.10 Å². The van der Waals surface area contributed by atoms with Crippen LogP contribution in [-0.2, 0) is 0 Å². The van der Waals surface area contributed by atoms with Gasteiger partial charge in [-0.05, 0) is 23.3 Å². The van der Waals surface area contributed by atoms with Crippen molar-refractivity contribution >= 4 is 11.9 Å². The number of methoxy groups -OCH3 is 2. The molecule has 0 aliphatic heterocycles. The fraction of sp³-hybridized carbons (Fsp3) is 0.0909. The van der Waals surface area contributed by atoms with E-state index < -0.39 is 0 Å². The minimum Gasteiger partial charge on any atom is -0.493 e. The lowest BCUT2D eigenvalue weighted by molar-refractivity contribution is 0.354. The molecule has 4 rings (SSSR count). The smallest absolute Gasteiger partial charge is 0.169 e. The van der Waals surface area contributed by atoms with Crippen LogP contribution in [0.4, 0.5) is 0 Å². The van der Waals surface area contributed by atoms with E-state index in [-0.39, 0.29) is 0 Å².